The Morgan fingerprint density at radius 3 is 0.939 bits per heavy atom. The second-order valence-electron chi connectivity index (χ2n) is 7.54. The molecule has 1 N–H and O–H groups in total. The molecule has 9 nitrogen and oxygen atoms in total. The lowest BCUT2D eigenvalue weighted by Gasteiger charge is -2.54. The van der Waals surface area contributed by atoms with Gasteiger partial charge < -0.3 is 37.9 Å². The van der Waals surface area contributed by atoms with Crippen molar-refractivity contribution in [3.05, 3.63) is 0 Å². The van der Waals surface area contributed by atoms with Gasteiger partial charge in [-0.1, -0.05) is 13.8 Å². The average molecular weight is 514 g/mol. The van der Waals surface area contributed by atoms with Crippen molar-refractivity contribution >= 4 is 20.5 Å². The van der Waals surface area contributed by atoms with Crippen LogP contribution in [-0.2, 0) is 37.9 Å². The van der Waals surface area contributed by atoms with Crippen LogP contribution in [0.25, 0.3) is 0 Å². The Labute approximate surface area is 207 Å². The maximum absolute atomic E-state index is 6.31. The minimum atomic E-state index is -1.53. The van der Waals surface area contributed by atoms with Crippen molar-refractivity contribution in [3.63, 3.8) is 0 Å². The smallest absolute Gasteiger partial charge is 0.283 e. The zero-order valence-electron chi connectivity index (χ0n) is 22.8. The van der Waals surface area contributed by atoms with Crippen LogP contribution < -0.4 is 5.32 Å². The predicted molar refractivity (Wildman–Crippen MR) is 136 cm³/mol. The monoisotopic (exact) mass is 513 g/mol. The largest absolute Gasteiger partial charge is 0.349 e. The second-order valence-corrected chi connectivity index (χ2v) is 10.2. The van der Waals surface area contributed by atoms with E-state index in [0.29, 0.717) is 73.3 Å². The maximum atomic E-state index is 6.31. The van der Waals surface area contributed by atoms with E-state index < -0.39 is 22.6 Å². The van der Waals surface area contributed by atoms with Gasteiger partial charge in [-0.05, 0) is 54.4 Å². The van der Waals surface area contributed by atoms with Crippen molar-refractivity contribution in [2.24, 2.45) is 0 Å². The van der Waals surface area contributed by atoms with Gasteiger partial charge in [0.1, 0.15) is 0 Å². The molecule has 0 aromatic rings. The van der Waals surface area contributed by atoms with Crippen molar-refractivity contribution in [2.75, 3.05) is 52.9 Å². The topological polar surface area (TPSA) is 85.9 Å². The van der Waals surface area contributed by atoms with Crippen molar-refractivity contribution in [1.82, 2.24) is 5.32 Å². The molecule has 0 fully saturated rings. The summed E-state index contributed by atoms with van der Waals surface area (Å²) in [5.41, 5.74) is -2.38. The molecule has 2 unspecified atom stereocenters. The number of hydrogen-bond acceptors (Lipinski definition) is 9. The van der Waals surface area contributed by atoms with Crippen molar-refractivity contribution in [2.45, 2.75) is 90.9 Å². The Morgan fingerprint density at radius 2 is 0.727 bits per heavy atom. The molecular weight excluding hydrogens is 462 g/mol. The lowest BCUT2D eigenvalue weighted by molar-refractivity contribution is -0.453. The van der Waals surface area contributed by atoms with Crippen LogP contribution in [0, 0.1) is 0 Å². The van der Waals surface area contributed by atoms with Gasteiger partial charge in [0.25, 0.3) is 11.8 Å². The minimum absolute atomic E-state index is 0.340. The maximum Gasteiger partial charge on any atom is 0.283 e. The molecule has 0 spiro atoms. The van der Waals surface area contributed by atoms with Gasteiger partial charge in [0, 0.05) is 52.9 Å². The lowest BCUT2D eigenvalue weighted by Crippen LogP contribution is -2.80. The summed E-state index contributed by atoms with van der Waals surface area (Å²) >= 11 is 0. The molecule has 0 saturated carbocycles. The molecule has 0 aromatic heterocycles. The van der Waals surface area contributed by atoms with Gasteiger partial charge in [-0.3, -0.25) is 0 Å². The summed E-state index contributed by atoms with van der Waals surface area (Å²) in [5, 5.41) is 3.43. The number of hydrogen-bond donors (Lipinski definition) is 1. The zero-order valence-corrected chi connectivity index (χ0v) is 26.8. The highest BCUT2D eigenvalue weighted by atomic mass is 28.2. The summed E-state index contributed by atoms with van der Waals surface area (Å²) in [6.07, 6.45) is 1.63. The fourth-order valence-corrected chi connectivity index (χ4v) is 5.43. The molecule has 0 aliphatic carbocycles. The predicted octanol–water partition coefficient (Wildman–Crippen LogP) is 0.994. The van der Waals surface area contributed by atoms with Gasteiger partial charge >= 0.3 is 0 Å². The van der Waals surface area contributed by atoms with E-state index in [2.05, 4.69) is 5.32 Å². The van der Waals surface area contributed by atoms with Crippen molar-refractivity contribution < 1.29 is 37.9 Å². The summed E-state index contributed by atoms with van der Waals surface area (Å²) < 4.78 is 50.2. The van der Waals surface area contributed by atoms with Gasteiger partial charge in [0.05, 0.1) is 20.5 Å². The first-order valence-corrected chi connectivity index (χ1v) is 14.6. The molecular formula is C22H51NO8Si2. The fourth-order valence-electron chi connectivity index (χ4n) is 3.62. The first-order chi connectivity index (χ1) is 15.7. The van der Waals surface area contributed by atoms with Gasteiger partial charge in [-0.15, -0.1) is 0 Å². The fraction of sp³-hybridized carbons (Fsp3) is 1.00. The van der Waals surface area contributed by atoms with E-state index in [4.69, 9.17) is 37.9 Å². The van der Waals surface area contributed by atoms with Crippen molar-refractivity contribution in [3.8, 4) is 0 Å². The third-order valence-electron chi connectivity index (χ3n) is 4.92. The van der Waals surface area contributed by atoms with Crippen LogP contribution in [0.4, 0.5) is 0 Å². The molecule has 11 heteroatoms. The Kier molecular flexibility index (Phi) is 16.7. The SMILES string of the molecule is CCCOC([SiH3])(OCC)C(NC(OCC)(OCC)C([SiH3])(OCC)OCCC)(OCC)OCC. The summed E-state index contributed by atoms with van der Waals surface area (Å²) in [5.74, 6) is -3.05. The third kappa shape index (κ3) is 8.60. The highest BCUT2D eigenvalue weighted by Crippen LogP contribution is 2.37. The molecule has 0 rings (SSSR count). The van der Waals surface area contributed by atoms with E-state index >= 15 is 0 Å². The summed E-state index contributed by atoms with van der Waals surface area (Å²) in [6.45, 7) is 18.7. The van der Waals surface area contributed by atoms with Gasteiger partial charge in [0.15, 0.2) is 0 Å². The first-order valence-electron chi connectivity index (χ1n) is 12.6. The van der Waals surface area contributed by atoms with E-state index in [0.717, 1.165) is 12.8 Å². The van der Waals surface area contributed by atoms with Crippen LogP contribution in [0.1, 0.15) is 68.2 Å². The van der Waals surface area contributed by atoms with Gasteiger partial charge in [-0.25, -0.2) is 5.32 Å². The van der Waals surface area contributed by atoms with Crippen LogP contribution >= 0.6 is 0 Å². The Bertz CT molecular complexity index is 451. The molecule has 0 saturated heterocycles. The van der Waals surface area contributed by atoms with Crippen LogP contribution in [0.3, 0.4) is 0 Å². The van der Waals surface area contributed by atoms with Crippen LogP contribution in [0.5, 0.6) is 0 Å². The number of ether oxygens (including phenoxy) is 8. The highest BCUT2D eigenvalue weighted by molar-refractivity contribution is 6.15. The zero-order chi connectivity index (χ0) is 25.4. The summed E-state index contributed by atoms with van der Waals surface area (Å²) in [6, 6.07) is 0. The standard InChI is InChI=1S/C22H51NO8Si2/c1-9-17-30-21(32,28-15-7)19(24-11-3,25-12-4)23-20(26-13-5,27-14-6)22(33,29-16-8)31-18-10-2/h23H,9-18H2,1-8,32-33H3. The number of nitrogens with one attached hydrogen (secondary N) is 1. The summed E-state index contributed by atoms with van der Waals surface area (Å²) in [4.78, 5) is 0. The molecule has 0 aliphatic heterocycles. The second kappa shape index (κ2) is 16.7. The van der Waals surface area contributed by atoms with Crippen molar-refractivity contribution in [1.29, 1.82) is 0 Å². The first kappa shape index (κ1) is 33.1. The quantitative estimate of drug-likeness (QED) is 0.168. The Hall–Kier alpha value is 0.0738. The normalized spacial score (nSPS) is 16.7. The molecule has 2 atom stereocenters. The van der Waals surface area contributed by atoms with Crippen LogP contribution in [0.2, 0.25) is 0 Å². The average Bonchev–Trinajstić information content (AvgIpc) is 2.77. The van der Waals surface area contributed by atoms with Crippen LogP contribution in [0.15, 0.2) is 0 Å². The van der Waals surface area contributed by atoms with E-state index in [9.17, 15) is 0 Å². The molecule has 200 valence electrons. The molecule has 33 heavy (non-hydrogen) atoms. The van der Waals surface area contributed by atoms with E-state index in [1.807, 2.05) is 55.4 Å². The number of rotatable bonds is 22. The van der Waals surface area contributed by atoms with E-state index in [1.54, 1.807) is 0 Å². The Balaban J connectivity index is 6.90. The molecule has 0 heterocycles. The minimum Gasteiger partial charge on any atom is -0.349 e. The van der Waals surface area contributed by atoms with E-state index in [-0.39, 0.29) is 0 Å². The highest BCUT2D eigenvalue weighted by Gasteiger charge is 2.63. The molecule has 0 aliphatic rings. The molecule has 0 bridgehead atoms. The lowest BCUT2D eigenvalue weighted by atomic mass is 10.3. The van der Waals surface area contributed by atoms with Gasteiger partial charge in [0.2, 0.25) is 10.8 Å². The molecule has 0 amide bonds. The summed E-state index contributed by atoms with van der Waals surface area (Å²) in [7, 11) is 0.867. The molecule has 0 radical (unpaired) electrons. The Morgan fingerprint density at radius 1 is 0.455 bits per heavy atom. The van der Waals surface area contributed by atoms with E-state index in [1.165, 1.54) is 0 Å². The molecule has 0 aromatic carbocycles. The van der Waals surface area contributed by atoms with Crippen LogP contribution in [-0.4, -0.2) is 96.0 Å². The third-order valence-corrected chi connectivity index (χ3v) is 7.39. The van der Waals surface area contributed by atoms with Gasteiger partial charge in [-0.2, -0.15) is 0 Å².